The number of nitrogens with one attached hydrogen (secondary N) is 1. The Morgan fingerprint density at radius 2 is 2.03 bits per heavy atom. The quantitative estimate of drug-likeness (QED) is 0.522. The van der Waals surface area contributed by atoms with Gasteiger partial charge < -0.3 is 9.64 Å². The first-order valence-electron chi connectivity index (χ1n) is 11.2. The lowest BCUT2D eigenvalue weighted by Crippen LogP contribution is -2.43. The molecule has 0 radical (unpaired) electrons. The third-order valence-electron chi connectivity index (χ3n) is 6.15. The SMILES string of the molecule is CCN(CC)S(=O)(=O)NC(=O)c1cnn2ccc(N3CCCC3c3cc(F)ccc3OC)cc12. The van der Waals surface area contributed by atoms with Crippen LogP contribution in [0.1, 0.15) is 48.7 Å². The standard InChI is InChI=1S/C23H28FN5O4S/c1-4-27(5-2)34(31,32)26-23(30)19-15-25-29-12-10-17(14-21(19)29)28-11-6-7-20(28)18-13-16(24)8-9-22(18)33-3/h8-10,12-15,20H,4-7,11H2,1-3H3,(H,26,30). The van der Waals surface area contributed by atoms with E-state index in [0.29, 0.717) is 11.3 Å². The van der Waals surface area contributed by atoms with Crippen molar-refractivity contribution in [3.05, 3.63) is 59.7 Å². The number of hydrogen-bond donors (Lipinski definition) is 1. The maximum absolute atomic E-state index is 14.0. The van der Waals surface area contributed by atoms with Crippen LogP contribution in [-0.4, -0.2) is 55.0 Å². The number of ether oxygens (including phenoxy) is 1. The summed E-state index contributed by atoms with van der Waals surface area (Å²) in [6.45, 7) is 4.64. The van der Waals surface area contributed by atoms with E-state index in [2.05, 4.69) is 14.7 Å². The maximum Gasteiger partial charge on any atom is 0.304 e. The Labute approximate surface area is 198 Å². The maximum atomic E-state index is 14.0. The first-order chi connectivity index (χ1) is 16.3. The molecule has 34 heavy (non-hydrogen) atoms. The van der Waals surface area contributed by atoms with Crippen LogP contribution in [0.3, 0.4) is 0 Å². The smallest absolute Gasteiger partial charge is 0.304 e. The summed E-state index contributed by atoms with van der Waals surface area (Å²) in [5.74, 6) is -0.462. The number of methoxy groups -OCH3 is 1. The summed E-state index contributed by atoms with van der Waals surface area (Å²) in [4.78, 5) is 15.0. The average molecular weight is 490 g/mol. The van der Waals surface area contributed by atoms with Gasteiger partial charge in [0.1, 0.15) is 11.6 Å². The van der Waals surface area contributed by atoms with Gasteiger partial charge in [0.25, 0.3) is 5.91 Å². The van der Waals surface area contributed by atoms with Gasteiger partial charge in [-0.15, -0.1) is 0 Å². The Hall–Kier alpha value is -3.18. The van der Waals surface area contributed by atoms with Crippen LogP contribution in [0.25, 0.3) is 5.52 Å². The summed E-state index contributed by atoms with van der Waals surface area (Å²) in [5, 5.41) is 4.20. The van der Waals surface area contributed by atoms with Crippen LogP contribution in [0, 0.1) is 5.82 Å². The molecule has 1 fully saturated rings. The van der Waals surface area contributed by atoms with Gasteiger partial charge in [0.2, 0.25) is 0 Å². The van der Waals surface area contributed by atoms with E-state index in [1.807, 2.05) is 6.07 Å². The lowest BCUT2D eigenvalue weighted by Gasteiger charge is -2.28. The second-order valence-electron chi connectivity index (χ2n) is 8.03. The predicted molar refractivity (Wildman–Crippen MR) is 127 cm³/mol. The molecular formula is C23H28FN5O4S. The lowest BCUT2D eigenvalue weighted by atomic mass is 10.0. The van der Waals surface area contributed by atoms with E-state index < -0.39 is 16.1 Å². The van der Waals surface area contributed by atoms with E-state index in [1.165, 1.54) is 27.2 Å². The number of amides is 1. The average Bonchev–Trinajstić information content (AvgIpc) is 3.46. The number of aromatic nitrogens is 2. The Morgan fingerprint density at radius 1 is 1.26 bits per heavy atom. The minimum absolute atomic E-state index is 0.101. The van der Waals surface area contributed by atoms with Crippen molar-refractivity contribution < 1.29 is 22.3 Å². The van der Waals surface area contributed by atoms with Crippen LogP contribution >= 0.6 is 0 Å². The molecular weight excluding hydrogens is 461 g/mol. The highest BCUT2D eigenvalue weighted by Crippen LogP contribution is 2.40. The predicted octanol–water partition coefficient (Wildman–Crippen LogP) is 3.14. The van der Waals surface area contributed by atoms with E-state index in [9.17, 15) is 17.6 Å². The van der Waals surface area contributed by atoms with Crippen molar-refractivity contribution in [2.45, 2.75) is 32.7 Å². The summed E-state index contributed by atoms with van der Waals surface area (Å²) < 4.78 is 49.4. The molecule has 1 aliphatic heterocycles. The fraction of sp³-hybridized carbons (Fsp3) is 0.391. The number of rotatable bonds is 8. The fourth-order valence-corrected chi connectivity index (χ4v) is 5.64. The van der Waals surface area contributed by atoms with Crippen molar-refractivity contribution in [2.75, 3.05) is 31.6 Å². The van der Waals surface area contributed by atoms with E-state index in [0.717, 1.165) is 30.6 Å². The third-order valence-corrected chi connectivity index (χ3v) is 7.79. The monoisotopic (exact) mass is 489 g/mol. The summed E-state index contributed by atoms with van der Waals surface area (Å²) in [5.41, 5.74) is 2.21. The van der Waals surface area contributed by atoms with Gasteiger partial charge in [0.15, 0.2) is 0 Å². The van der Waals surface area contributed by atoms with Gasteiger partial charge in [-0.05, 0) is 43.2 Å². The molecule has 1 aromatic carbocycles. The minimum Gasteiger partial charge on any atom is -0.496 e. The van der Waals surface area contributed by atoms with Crippen LogP contribution in [0.5, 0.6) is 5.75 Å². The van der Waals surface area contributed by atoms with Crippen molar-refractivity contribution in [1.82, 2.24) is 18.6 Å². The molecule has 1 amide bonds. The number of carbonyl (C=O) groups excluding carboxylic acids is 1. The molecule has 3 heterocycles. The van der Waals surface area contributed by atoms with Crippen LogP contribution < -0.4 is 14.4 Å². The molecule has 1 saturated heterocycles. The van der Waals surface area contributed by atoms with Crippen LogP contribution in [0.4, 0.5) is 10.1 Å². The van der Waals surface area contributed by atoms with Crippen LogP contribution in [0.2, 0.25) is 0 Å². The van der Waals surface area contributed by atoms with Crippen molar-refractivity contribution in [3.8, 4) is 5.75 Å². The number of halogens is 1. The van der Waals surface area contributed by atoms with Gasteiger partial charge in [0.05, 0.1) is 30.4 Å². The second kappa shape index (κ2) is 9.59. The van der Waals surface area contributed by atoms with Crippen molar-refractivity contribution in [1.29, 1.82) is 0 Å². The molecule has 0 aliphatic carbocycles. The minimum atomic E-state index is -3.96. The molecule has 3 aromatic rings. The Bertz CT molecular complexity index is 1310. The summed E-state index contributed by atoms with van der Waals surface area (Å²) in [6.07, 6.45) is 4.80. The molecule has 1 atom stereocenters. The number of anilines is 1. The van der Waals surface area contributed by atoms with E-state index in [1.54, 1.807) is 39.3 Å². The van der Waals surface area contributed by atoms with Crippen LogP contribution in [-0.2, 0) is 10.2 Å². The highest BCUT2D eigenvalue weighted by atomic mass is 32.2. The summed E-state index contributed by atoms with van der Waals surface area (Å²) in [7, 11) is -2.40. The molecule has 1 N–H and O–H groups in total. The van der Waals surface area contributed by atoms with Crippen LogP contribution in [0.15, 0.2) is 42.7 Å². The third kappa shape index (κ3) is 4.45. The van der Waals surface area contributed by atoms with Gasteiger partial charge in [-0.3, -0.25) is 4.79 Å². The molecule has 9 nitrogen and oxygen atoms in total. The molecule has 1 unspecified atom stereocenters. The number of pyridine rings is 1. The van der Waals surface area contributed by atoms with E-state index >= 15 is 0 Å². The molecule has 0 bridgehead atoms. The van der Waals surface area contributed by atoms with Crippen molar-refractivity contribution in [2.24, 2.45) is 0 Å². The number of benzene rings is 1. The molecule has 2 aromatic heterocycles. The number of nitrogens with zero attached hydrogens (tertiary/aromatic N) is 4. The van der Waals surface area contributed by atoms with Gasteiger partial charge >= 0.3 is 10.2 Å². The van der Waals surface area contributed by atoms with Crippen molar-refractivity contribution in [3.63, 3.8) is 0 Å². The first kappa shape index (κ1) is 24.0. The van der Waals surface area contributed by atoms with Crippen molar-refractivity contribution >= 4 is 27.3 Å². The van der Waals surface area contributed by atoms with E-state index in [4.69, 9.17) is 4.74 Å². The van der Waals surface area contributed by atoms with E-state index in [-0.39, 0.29) is 30.5 Å². The van der Waals surface area contributed by atoms with Gasteiger partial charge in [0, 0.05) is 37.1 Å². The lowest BCUT2D eigenvalue weighted by molar-refractivity contribution is 0.0981. The number of fused-ring (bicyclic) bond motifs is 1. The van der Waals surface area contributed by atoms with Gasteiger partial charge in [-0.25, -0.2) is 13.6 Å². The zero-order chi connectivity index (χ0) is 24.5. The second-order valence-corrected chi connectivity index (χ2v) is 9.70. The molecule has 0 saturated carbocycles. The molecule has 4 rings (SSSR count). The Morgan fingerprint density at radius 3 is 2.74 bits per heavy atom. The Kier molecular flexibility index (Phi) is 6.76. The molecule has 0 spiro atoms. The zero-order valence-corrected chi connectivity index (χ0v) is 20.2. The van der Waals surface area contributed by atoms with Gasteiger partial charge in [-0.2, -0.15) is 17.8 Å². The van der Waals surface area contributed by atoms with Gasteiger partial charge in [-0.1, -0.05) is 13.8 Å². The fourth-order valence-electron chi connectivity index (χ4n) is 4.49. The Balaban J connectivity index is 1.67. The largest absolute Gasteiger partial charge is 0.496 e. The normalized spacial score (nSPS) is 16.4. The molecule has 1 aliphatic rings. The summed E-state index contributed by atoms with van der Waals surface area (Å²) >= 11 is 0. The summed E-state index contributed by atoms with van der Waals surface area (Å²) in [6, 6.07) is 8.07. The highest BCUT2D eigenvalue weighted by Gasteiger charge is 2.30. The number of carbonyl (C=O) groups is 1. The highest BCUT2D eigenvalue weighted by molar-refractivity contribution is 7.87. The number of hydrogen-bond acceptors (Lipinski definition) is 6. The molecule has 182 valence electrons. The molecule has 11 heteroatoms. The zero-order valence-electron chi connectivity index (χ0n) is 19.4. The topological polar surface area (TPSA) is 96.2 Å². The first-order valence-corrected chi connectivity index (χ1v) is 12.6.